The summed E-state index contributed by atoms with van der Waals surface area (Å²) >= 11 is 1.75. The van der Waals surface area contributed by atoms with Crippen LogP contribution in [0.5, 0.6) is 0 Å². The summed E-state index contributed by atoms with van der Waals surface area (Å²) in [5.74, 6) is -0.0605. The molecule has 0 spiro atoms. The number of carbonyl (C=O) groups is 1. The van der Waals surface area contributed by atoms with E-state index < -0.39 is 0 Å². The lowest BCUT2D eigenvalue weighted by Gasteiger charge is -2.27. The quantitative estimate of drug-likeness (QED) is 0.657. The molecule has 2 aromatic heterocycles. The third-order valence-corrected chi connectivity index (χ3v) is 6.78. The van der Waals surface area contributed by atoms with Gasteiger partial charge in [-0.2, -0.15) is 5.10 Å². The summed E-state index contributed by atoms with van der Waals surface area (Å²) in [5, 5.41) is 7.36. The van der Waals surface area contributed by atoms with Crippen molar-refractivity contribution in [3.8, 4) is 0 Å². The maximum atomic E-state index is 12.8. The molecule has 29 heavy (non-hydrogen) atoms. The lowest BCUT2D eigenvalue weighted by atomic mass is 10.0. The van der Waals surface area contributed by atoms with Crippen LogP contribution >= 0.6 is 11.9 Å². The molecule has 0 atom stereocenters. The van der Waals surface area contributed by atoms with Crippen molar-refractivity contribution < 1.29 is 4.79 Å². The highest BCUT2D eigenvalue weighted by molar-refractivity contribution is 7.97. The van der Waals surface area contributed by atoms with Crippen LogP contribution in [0.1, 0.15) is 38.6 Å². The largest absolute Gasteiger partial charge is 0.347 e. The topological polar surface area (TPSA) is 55.1 Å². The van der Waals surface area contributed by atoms with Gasteiger partial charge in [-0.05, 0) is 49.4 Å². The van der Waals surface area contributed by atoms with Crippen LogP contribution in [-0.4, -0.2) is 31.1 Å². The van der Waals surface area contributed by atoms with Crippen molar-refractivity contribution in [2.24, 2.45) is 14.1 Å². The van der Waals surface area contributed by atoms with Gasteiger partial charge in [-0.1, -0.05) is 24.3 Å². The highest BCUT2D eigenvalue weighted by Gasteiger charge is 2.21. The SMILES string of the molecule is Cc1nn(C)cc1CNC(=O)c1cc(SN2CCc3ccccc3C2)c(C)n1C. The molecule has 1 N–H and O–H groups in total. The first-order valence-corrected chi connectivity index (χ1v) is 10.6. The van der Waals surface area contributed by atoms with Crippen LogP contribution in [-0.2, 0) is 33.6 Å². The van der Waals surface area contributed by atoms with Crippen LogP contribution in [0.2, 0.25) is 0 Å². The summed E-state index contributed by atoms with van der Waals surface area (Å²) in [5.41, 5.74) is 6.61. The third kappa shape index (κ3) is 4.11. The Bertz CT molecular complexity index is 1050. The normalized spacial score (nSPS) is 14.1. The number of rotatable bonds is 5. The van der Waals surface area contributed by atoms with E-state index in [1.807, 2.05) is 37.8 Å². The van der Waals surface area contributed by atoms with Crippen LogP contribution in [0.25, 0.3) is 0 Å². The molecule has 0 aliphatic carbocycles. The Morgan fingerprint density at radius 2 is 1.97 bits per heavy atom. The molecule has 0 saturated carbocycles. The average molecular weight is 410 g/mol. The third-order valence-electron chi connectivity index (χ3n) is 5.60. The van der Waals surface area contributed by atoms with E-state index in [4.69, 9.17) is 0 Å². The number of hydrogen-bond acceptors (Lipinski definition) is 4. The van der Waals surface area contributed by atoms with Crippen LogP contribution in [0, 0.1) is 13.8 Å². The van der Waals surface area contributed by atoms with Gasteiger partial charge < -0.3 is 9.88 Å². The molecule has 4 rings (SSSR count). The van der Waals surface area contributed by atoms with Crippen molar-refractivity contribution in [3.63, 3.8) is 0 Å². The predicted molar refractivity (Wildman–Crippen MR) is 116 cm³/mol. The molecule has 1 amide bonds. The molecule has 6 nitrogen and oxygen atoms in total. The Morgan fingerprint density at radius 3 is 2.69 bits per heavy atom. The second-order valence-corrected chi connectivity index (χ2v) is 8.75. The molecule has 0 bridgehead atoms. The lowest BCUT2D eigenvalue weighted by Crippen LogP contribution is -2.25. The van der Waals surface area contributed by atoms with Crippen LogP contribution in [0.15, 0.2) is 41.4 Å². The zero-order valence-electron chi connectivity index (χ0n) is 17.4. The highest BCUT2D eigenvalue weighted by Crippen LogP contribution is 2.32. The maximum absolute atomic E-state index is 12.8. The molecule has 0 radical (unpaired) electrons. The summed E-state index contributed by atoms with van der Waals surface area (Å²) in [4.78, 5) is 13.9. The van der Waals surface area contributed by atoms with Crippen LogP contribution < -0.4 is 5.32 Å². The Labute approximate surface area is 176 Å². The lowest BCUT2D eigenvalue weighted by molar-refractivity contribution is 0.0942. The monoisotopic (exact) mass is 409 g/mol. The van der Waals surface area contributed by atoms with E-state index in [0.29, 0.717) is 12.2 Å². The number of hydrogen-bond donors (Lipinski definition) is 1. The number of aromatic nitrogens is 3. The second kappa shape index (κ2) is 8.08. The number of fused-ring (bicyclic) bond motifs is 1. The molecular weight excluding hydrogens is 382 g/mol. The number of nitrogens with zero attached hydrogens (tertiary/aromatic N) is 4. The average Bonchev–Trinajstić information content (AvgIpc) is 3.18. The number of aryl methyl sites for hydroxylation is 2. The van der Waals surface area contributed by atoms with E-state index in [9.17, 15) is 4.79 Å². The zero-order chi connectivity index (χ0) is 20.5. The van der Waals surface area contributed by atoms with Gasteiger partial charge in [0.05, 0.1) is 5.69 Å². The molecule has 1 aromatic carbocycles. The zero-order valence-corrected chi connectivity index (χ0v) is 18.2. The number of nitrogens with one attached hydrogen (secondary N) is 1. The van der Waals surface area contributed by atoms with Gasteiger partial charge in [-0.15, -0.1) is 0 Å². The Hall–Kier alpha value is -2.51. The van der Waals surface area contributed by atoms with E-state index in [-0.39, 0.29) is 5.91 Å². The van der Waals surface area contributed by atoms with Gasteiger partial charge in [0.1, 0.15) is 5.69 Å². The summed E-state index contributed by atoms with van der Waals surface area (Å²) in [7, 11) is 3.84. The minimum Gasteiger partial charge on any atom is -0.347 e. The molecular formula is C22H27N5OS. The van der Waals surface area contributed by atoms with Crippen molar-refractivity contribution in [2.45, 2.75) is 38.3 Å². The highest BCUT2D eigenvalue weighted by atomic mass is 32.2. The first-order chi connectivity index (χ1) is 13.9. The Balaban J connectivity index is 1.44. The molecule has 1 aliphatic heterocycles. The van der Waals surface area contributed by atoms with Crippen molar-refractivity contribution in [1.82, 2.24) is 24.0 Å². The standard InChI is InChI=1S/C22H27N5OS/c1-15-19(13-25(3)24-15)12-23-22(28)20-11-21(16(2)26(20)4)29-27-10-9-17-7-5-6-8-18(17)14-27/h5-8,11,13H,9-10,12,14H2,1-4H3,(H,23,28). The molecule has 3 aromatic rings. The smallest absolute Gasteiger partial charge is 0.268 e. The van der Waals surface area contributed by atoms with E-state index in [0.717, 1.165) is 41.4 Å². The predicted octanol–water partition coefficient (Wildman–Crippen LogP) is 3.37. The first kappa shape index (κ1) is 19.8. The fourth-order valence-corrected chi connectivity index (χ4v) is 4.85. The molecule has 0 unspecified atom stereocenters. The Morgan fingerprint density at radius 1 is 1.21 bits per heavy atom. The molecule has 3 heterocycles. The van der Waals surface area contributed by atoms with Gasteiger partial charge in [-0.25, -0.2) is 4.31 Å². The van der Waals surface area contributed by atoms with Gasteiger partial charge in [0.25, 0.3) is 5.91 Å². The fraction of sp³-hybridized carbons (Fsp3) is 0.364. The first-order valence-electron chi connectivity index (χ1n) is 9.85. The van der Waals surface area contributed by atoms with Crippen molar-refractivity contribution in [2.75, 3.05) is 6.54 Å². The molecule has 152 valence electrons. The second-order valence-electron chi connectivity index (χ2n) is 7.61. The summed E-state index contributed by atoms with van der Waals surface area (Å²) in [6.07, 6.45) is 3.01. The van der Waals surface area contributed by atoms with Gasteiger partial charge in [0, 0.05) is 56.1 Å². The summed E-state index contributed by atoms with van der Waals surface area (Å²) in [6, 6.07) is 10.6. The Kier molecular flexibility index (Phi) is 5.52. The van der Waals surface area contributed by atoms with Crippen LogP contribution in [0.3, 0.4) is 0 Å². The minimum absolute atomic E-state index is 0.0605. The fourth-order valence-electron chi connectivity index (χ4n) is 3.76. The number of amides is 1. The van der Waals surface area contributed by atoms with Crippen molar-refractivity contribution in [3.05, 3.63) is 70.3 Å². The number of benzene rings is 1. The summed E-state index contributed by atoms with van der Waals surface area (Å²) < 4.78 is 6.13. The van der Waals surface area contributed by atoms with Gasteiger partial charge in [0.15, 0.2) is 0 Å². The van der Waals surface area contributed by atoms with E-state index in [1.54, 1.807) is 16.6 Å². The van der Waals surface area contributed by atoms with Gasteiger partial charge >= 0.3 is 0 Å². The van der Waals surface area contributed by atoms with Crippen LogP contribution in [0.4, 0.5) is 0 Å². The van der Waals surface area contributed by atoms with E-state index in [2.05, 4.69) is 45.9 Å². The van der Waals surface area contributed by atoms with Gasteiger partial charge in [-0.3, -0.25) is 9.48 Å². The van der Waals surface area contributed by atoms with Crippen molar-refractivity contribution >= 4 is 17.9 Å². The van der Waals surface area contributed by atoms with Crippen molar-refractivity contribution in [1.29, 1.82) is 0 Å². The number of carbonyl (C=O) groups excluding carboxylic acids is 1. The van der Waals surface area contributed by atoms with Gasteiger partial charge in [0.2, 0.25) is 0 Å². The molecule has 7 heteroatoms. The van der Waals surface area contributed by atoms with E-state index >= 15 is 0 Å². The molecule has 0 fully saturated rings. The van der Waals surface area contributed by atoms with E-state index in [1.165, 1.54) is 11.1 Å². The maximum Gasteiger partial charge on any atom is 0.268 e. The minimum atomic E-state index is -0.0605. The molecule has 0 saturated heterocycles. The summed E-state index contributed by atoms with van der Waals surface area (Å²) in [6.45, 7) is 6.45. The molecule has 1 aliphatic rings.